The largest absolute Gasteiger partial charge is 0.484 e. The molecule has 0 saturated heterocycles. The van der Waals surface area contributed by atoms with Gasteiger partial charge in [0.25, 0.3) is 0 Å². The molecular weight excluding hydrogens is 488 g/mol. The summed E-state index contributed by atoms with van der Waals surface area (Å²) in [6.07, 6.45) is 4.05. The molecule has 0 saturated carbocycles. The Labute approximate surface area is 222 Å². The number of ether oxygens (including phenoxy) is 3. The van der Waals surface area contributed by atoms with Crippen molar-refractivity contribution in [3.8, 4) is 28.4 Å². The Morgan fingerprint density at radius 2 is 1.63 bits per heavy atom. The van der Waals surface area contributed by atoms with E-state index in [9.17, 15) is 20.0 Å². The molecule has 9 nitrogen and oxygen atoms in total. The van der Waals surface area contributed by atoms with Crippen molar-refractivity contribution in [3.63, 3.8) is 0 Å². The normalized spacial score (nSPS) is 12.4. The lowest BCUT2D eigenvalue weighted by Crippen LogP contribution is -2.13. The maximum Gasteiger partial charge on any atom is 0.343 e. The fraction of sp³-hybridized carbons (Fsp3) is 0.345. The van der Waals surface area contributed by atoms with Crippen LogP contribution in [0.25, 0.3) is 11.1 Å². The van der Waals surface area contributed by atoms with E-state index in [0.717, 1.165) is 32.1 Å². The molecule has 0 heterocycles. The molecule has 0 aliphatic carbocycles. The Balaban J connectivity index is 1.72. The summed E-state index contributed by atoms with van der Waals surface area (Å²) in [7, 11) is 0. The van der Waals surface area contributed by atoms with Gasteiger partial charge in [-0.05, 0) is 68.7 Å². The van der Waals surface area contributed by atoms with Crippen molar-refractivity contribution >= 4 is 17.3 Å². The molecule has 0 bridgehead atoms. The number of unbranched alkanes of at least 4 members (excludes halogenated alkanes) is 3. The predicted molar refractivity (Wildman–Crippen MR) is 146 cm³/mol. The maximum atomic E-state index is 12.6. The van der Waals surface area contributed by atoms with Crippen molar-refractivity contribution in [1.29, 1.82) is 0 Å². The molecule has 0 aromatic heterocycles. The van der Waals surface area contributed by atoms with E-state index in [2.05, 4.69) is 6.92 Å². The van der Waals surface area contributed by atoms with Gasteiger partial charge in [0.1, 0.15) is 11.5 Å². The van der Waals surface area contributed by atoms with Gasteiger partial charge >= 0.3 is 11.7 Å². The first-order chi connectivity index (χ1) is 18.2. The fourth-order valence-electron chi connectivity index (χ4n) is 3.94. The molecule has 38 heavy (non-hydrogen) atoms. The third kappa shape index (κ3) is 7.94. The van der Waals surface area contributed by atoms with Crippen molar-refractivity contribution in [2.24, 2.45) is 0 Å². The summed E-state index contributed by atoms with van der Waals surface area (Å²) in [6.45, 7) is 5.53. The summed E-state index contributed by atoms with van der Waals surface area (Å²) in [6, 6.07) is 15.6. The number of carbonyl (C=O) groups excluding carboxylic acids is 1. The van der Waals surface area contributed by atoms with Crippen LogP contribution in [0.5, 0.6) is 17.2 Å². The van der Waals surface area contributed by atoms with Gasteiger partial charge in [0.2, 0.25) is 0 Å². The number of aliphatic hydroxyl groups is 1. The Morgan fingerprint density at radius 1 is 0.974 bits per heavy atom. The summed E-state index contributed by atoms with van der Waals surface area (Å²) in [5.74, 6) is 0.321. The van der Waals surface area contributed by atoms with Crippen LogP contribution in [0, 0.1) is 10.1 Å². The van der Waals surface area contributed by atoms with Gasteiger partial charge in [0.05, 0.1) is 16.6 Å². The van der Waals surface area contributed by atoms with E-state index in [4.69, 9.17) is 19.9 Å². The monoisotopic (exact) mass is 522 g/mol. The second-order valence-corrected chi connectivity index (χ2v) is 9.10. The van der Waals surface area contributed by atoms with Gasteiger partial charge in [-0.2, -0.15) is 0 Å². The Bertz CT molecular complexity index is 1220. The molecule has 3 N–H and O–H groups in total. The summed E-state index contributed by atoms with van der Waals surface area (Å²) in [5, 5.41) is 21.1. The highest BCUT2D eigenvalue weighted by atomic mass is 16.6. The van der Waals surface area contributed by atoms with Crippen LogP contribution in [0.1, 0.15) is 63.2 Å². The first-order valence-electron chi connectivity index (χ1n) is 12.7. The number of hydrogen-bond donors (Lipinski definition) is 2. The van der Waals surface area contributed by atoms with Crippen LogP contribution in [0.3, 0.4) is 0 Å². The lowest BCUT2D eigenvalue weighted by Gasteiger charge is -2.16. The third-order valence-electron chi connectivity index (χ3n) is 5.89. The van der Waals surface area contributed by atoms with Crippen molar-refractivity contribution in [2.45, 2.75) is 65.3 Å². The van der Waals surface area contributed by atoms with Gasteiger partial charge in [0.15, 0.2) is 12.0 Å². The van der Waals surface area contributed by atoms with E-state index >= 15 is 0 Å². The number of nitrogens with two attached hydrogens (primary N) is 1. The summed E-state index contributed by atoms with van der Waals surface area (Å²) in [4.78, 5) is 23.9. The second kappa shape index (κ2) is 13.4. The number of benzene rings is 3. The standard InChI is InChI=1S/C29H34N2O7/c1-4-5-6-7-8-19(2)36-28-18-26(30)25(17-27(28)31(34)35)21-9-11-22(12-10-21)29(33)38-24-15-13-23(14-16-24)37-20(3)32/h9-20,32H,4-8,30H2,1-3H3/t19-,20?/m0/s1. The van der Waals surface area contributed by atoms with E-state index in [1.807, 2.05) is 6.92 Å². The van der Waals surface area contributed by atoms with Gasteiger partial charge in [-0.3, -0.25) is 10.1 Å². The van der Waals surface area contributed by atoms with Crippen molar-refractivity contribution in [3.05, 3.63) is 76.3 Å². The van der Waals surface area contributed by atoms with Gasteiger partial charge in [0, 0.05) is 23.4 Å². The van der Waals surface area contributed by atoms with Crippen LogP contribution in [0.15, 0.2) is 60.7 Å². The van der Waals surface area contributed by atoms with Crippen LogP contribution >= 0.6 is 0 Å². The number of carbonyl (C=O) groups is 1. The highest BCUT2D eigenvalue weighted by molar-refractivity contribution is 5.92. The van der Waals surface area contributed by atoms with E-state index in [1.54, 1.807) is 48.5 Å². The van der Waals surface area contributed by atoms with Crippen LogP contribution < -0.4 is 19.9 Å². The molecule has 0 radical (unpaired) electrons. The van der Waals surface area contributed by atoms with Gasteiger partial charge in [-0.25, -0.2) is 4.79 Å². The topological polar surface area (TPSA) is 134 Å². The van der Waals surface area contributed by atoms with Gasteiger partial charge in [-0.1, -0.05) is 38.3 Å². The molecule has 2 atom stereocenters. The number of nitrogen functional groups attached to an aromatic ring is 1. The lowest BCUT2D eigenvalue weighted by molar-refractivity contribution is -0.386. The summed E-state index contributed by atoms with van der Waals surface area (Å²) in [5.41, 5.74) is 7.80. The van der Waals surface area contributed by atoms with E-state index < -0.39 is 17.2 Å². The molecule has 3 aromatic rings. The molecule has 0 aliphatic rings. The first kappa shape index (κ1) is 28.5. The quantitative estimate of drug-likeness (QED) is 0.0493. The Morgan fingerprint density at radius 3 is 2.24 bits per heavy atom. The number of nitrogens with zero attached hydrogens (tertiary/aromatic N) is 1. The minimum atomic E-state index is -0.954. The highest BCUT2D eigenvalue weighted by Gasteiger charge is 2.21. The molecule has 202 valence electrons. The van der Waals surface area contributed by atoms with Crippen LogP contribution in [-0.4, -0.2) is 28.4 Å². The average Bonchev–Trinajstić information content (AvgIpc) is 2.87. The number of aliphatic hydroxyl groups excluding tert-OH is 1. The summed E-state index contributed by atoms with van der Waals surface area (Å²) >= 11 is 0. The Hall–Kier alpha value is -4.11. The SMILES string of the molecule is CCCCCC[C@H](C)Oc1cc(N)c(-c2ccc(C(=O)Oc3ccc(OC(C)O)cc3)cc2)cc1[N+](=O)[O-]. The molecule has 0 spiro atoms. The first-order valence-corrected chi connectivity index (χ1v) is 12.7. The molecule has 3 aromatic carbocycles. The zero-order valence-corrected chi connectivity index (χ0v) is 21.9. The van der Waals surface area contributed by atoms with Crippen molar-refractivity contribution in [1.82, 2.24) is 0 Å². The Kier molecular flexibility index (Phi) is 10.1. The third-order valence-corrected chi connectivity index (χ3v) is 5.89. The molecule has 0 fully saturated rings. The number of hydrogen-bond acceptors (Lipinski definition) is 8. The predicted octanol–water partition coefficient (Wildman–Crippen LogP) is 6.52. The minimum absolute atomic E-state index is 0.143. The number of rotatable bonds is 13. The maximum absolute atomic E-state index is 12.6. The van der Waals surface area contributed by atoms with Crippen LogP contribution in [0.2, 0.25) is 0 Å². The lowest BCUT2D eigenvalue weighted by atomic mass is 10.0. The fourth-order valence-corrected chi connectivity index (χ4v) is 3.94. The van der Waals surface area contributed by atoms with Gasteiger partial charge < -0.3 is 25.1 Å². The van der Waals surface area contributed by atoms with Crippen molar-refractivity contribution in [2.75, 3.05) is 5.73 Å². The zero-order valence-electron chi connectivity index (χ0n) is 21.9. The van der Waals surface area contributed by atoms with E-state index in [1.165, 1.54) is 19.1 Å². The number of anilines is 1. The number of nitro benzene ring substituents is 1. The molecule has 1 unspecified atom stereocenters. The smallest absolute Gasteiger partial charge is 0.343 e. The van der Waals surface area contributed by atoms with Crippen LogP contribution in [0.4, 0.5) is 11.4 Å². The number of nitro groups is 1. The van der Waals surface area contributed by atoms with Crippen LogP contribution in [-0.2, 0) is 0 Å². The van der Waals surface area contributed by atoms with Gasteiger partial charge in [-0.15, -0.1) is 0 Å². The number of esters is 1. The molecule has 9 heteroatoms. The van der Waals surface area contributed by atoms with Crippen molar-refractivity contribution < 1.29 is 29.0 Å². The zero-order chi connectivity index (χ0) is 27.7. The minimum Gasteiger partial charge on any atom is -0.484 e. The molecule has 0 amide bonds. The molecule has 0 aliphatic heterocycles. The molecule has 3 rings (SSSR count). The highest BCUT2D eigenvalue weighted by Crippen LogP contribution is 2.38. The second-order valence-electron chi connectivity index (χ2n) is 9.10. The average molecular weight is 523 g/mol. The molecular formula is C29H34N2O7. The van der Waals surface area contributed by atoms with E-state index in [-0.39, 0.29) is 17.5 Å². The van der Waals surface area contributed by atoms with E-state index in [0.29, 0.717) is 33.9 Å². The summed E-state index contributed by atoms with van der Waals surface area (Å²) < 4.78 is 16.4.